The highest BCUT2D eigenvalue weighted by Gasteiger charge is 2.25. The van der Waals surface area contributed by atoms with Crippen LogP contribution in [0.5, 0.6) is 0 Å². The summed E-state index contributed by atoms with van der Waals surface area (Å²) in [6, 6.07) is 21.4. The van der Waals surface area contributed by atoms with Crippen LogP contribution < -0.4 is 11.5 Å². The van der Waals surface area contributed by atoms with Crippen LogP contribution in [-0.4, -0.2) is 48.6 Å². The molecule has 2 aromatic carbocycles. The van der Waals surface area contributed by atoms with Crippen molar-refractivity contribution in [2.24, 2.45) is 17.4 Å². The average molecular weight is 338 g/mol. The van der Waals surface area contributed by atoms with Crippen LogP contribution in [0.3, 0.4) is 0 Å². The molecule has 4 heteroatoms. The summed E-state index contributed by atoms with van der Waals surface area (Å²) < 4.78 is 0. The summed E-state index contributed by atoms with van der Waals surface area (Å²) >= 11 is 0. The molecule has 1 saturated heterocycles. The lowest BCUT2D eigenvalue weighted by Gasteiger charge is -2.38. The Morgan fingerprint density at radius 1 is 0.760 bits per heavy atom. The van der Waals surface area contributed by atoms with Crippen molar-refractivity contribution < 1.29 is 0 Å². The minimum Gasteiger partial charge on any atom is -0.330 e. The maximum absolute atomic E-state index is 6.51. The van der Waals surface area contributed by atoms with Crippen LogP contribution in [0.15, 0.2) is 60.7 Å². The Morgan fingerprint density at radius 3 is 1.72 bits per heavy atom. The zero-order chi connectivity index (χ0) is 17.5. The average Bonchev–Trinajstić information content (AvgIpc) is 2.64. The smallest absolute Gasteiger partial charge is 0.0234 e. The number of hydrogen-bond donors (Lipinski definition) is 2. The van der Waals surface area contributed by atoms with E-state index >= 15 is 0 Å². The van der Waals surface area contributed by atoms with Crippen molar-refractivity contribution in [3.63, 3.8) is 0 Å². The molecule has 2 atom stereocenters. The molecule has 4 N–H and O–H groups in total. The molecule has 1 fully saturated rings. The van der Waals surface area contributed by atoms with E-state index in [1.165, 1.54) is 11.1 Å². The number of nitrogens with zero attached hydrogens (tertiary/aromatic N) is 2. The van der Waals surface area contributed by atoms with Gasteiger partial charge in [0, 0.05) is 51.2 Å². The monoisotopic (exact) mass is 338 g/mol. The van der Waals surface area contributed by atoms with Crippen LogP contribution in [0.25, 0.3) is 0 Å². The van der Waals surface area contributed by atoms with E-state index in [9.17, 15) is 0 Å². The topological polar surface area (TPSA) is 58.5 Å². The van der Waals surface area contributed by atoms with E-state index in [1.807, 2.05) is 0 Å². The van der Waals surface area contributed by atoms with Gasteiger partial charge in [-0.05, 0) is 17.7 Å². The molecule has 1 aliphatic rings. The fourth-order valence-corrected chi connectivity index (χ4v) is 3.60. The largest absolute Gasteiger partial charge is 0.330 e. The van der Waals surface area contributed by atoms with Crippen LogP contribution in [0.4, 0.5) is 0 Å². The van der Waals surface area contributed by atoms with Gasteiger partial charge in [-0.3, -0.25) is 9.80 Å². The van der Waals surface area contributed by atoms with E-state index in [-0.39, 0.29) is 6.04 Å². The Kier molecular flexibility index (Phi) is 6.59. The highest BCUT2D eigenvalue weighted by Crippen LogP contribution is 2.15. The normalized spacial score (nSPS) is 23.1. The molecule has 0 aliphatic carbocycles. The zero-order valence-electron chi connectivity index (χ0n) is 14.9. The summed E-state index contributed by atoms with van der Waals surface area (Å²) in [6.45, 7) is 6.53. The van der Waals surface area contributed by atoms with Crippen molar-refractivity contribution in [1.82, 2.24) is 9.80 Å². The Morgan fingerprint density at radius 2 is 1.24 bits per heavy atom. The van der Waals surface area contributed by atoms with Gasteiger partial charge in [0.1, 0.15) is 0 Å². The van der Waals surface area contributed by atoms with Gasteiger partial charge in [-0.15, -0.1) is 0 Å². The second kappa shape index (κ2) is 9.11. The van der Waals surface area contributed by atoms with Crippen molar-refractivity contribution in [3.05, 3.63) is 71.8 Å². The summed E-state index contributed by atoms with van der Waals surface area (Å²) in [7, 11) is 0. The third-order valence-corrected chi connectivity index (χ3v) is 5.10. The first kappa shape index (κ1) is 18.1. The molecule has 1 aliphatic heterocycles. The lowest BCUT2D eigenvalue weighted by atomic mass is 9.97. The third kappa shape index (κ3) is 5.38. The molecule has 0 aromatic heterocycles. The predicted molar refractivity (Wildman–Crippen MR) is 104 cm³/mol. The second-order valence-corrected chi connectivity index (χ2v) is 7.10. The summed E-state index contributed by atoms with van der Waals surface area (Å²) in [5.41, 5.74) is 15.2. The van der Waals surface area contributed by atoms with Crippen molar-refractivity contribution >= 4 is 0 Å². The first-order valence-electron chi connectivity index (χ1n) is 9.23. The van der Waals surface area contributed by atoms with E-state index in [1.54, 1.807) is 0 Å². The number of hydrogen-bond acceptors (Lipinski definition) is 4. The molecule has 0 radical (unpaired) electrons. The first-order chi connectivity index (χ1) is 12.2. The second-order valence-electron chi connectivity index (χ2n) is 7.10. The molecule has 2 aromatic rings. The van der Waals surface area contributed by atoms with E-state index in [2.05, 4.69) is 70.5 Å². The molecule has 25 heavy (non-hydrogen) atoms. The lowest BCUT2D eigenvalue weighted by Crippen LogP contribution is -2.53. The van der Waals surface area contributed by atoms with Gasteiger partial charge in [0.25, 0.3) is 0 Å². The van der Waals surface area contributed by atoms with Gasteiger partial charge in [0.15, 0.2) is 0 Å². The number of nitrogens with two attached hydrogens (primary N) is 2. The van der Waals surface area contributed by atoms with Gasteiger partial charge < -0.3 is 11.5 Å². The van der Waals surface area contributed by atoms with Gasteiger partial charge >= 0.3 is 0 Å². The van der Waals surface area contributed by atoms with E-state index in [0.717, 1.165) is 39.3 Å². The Bertz CT molecular complexity index is 616. The van der Waals surface area contributed by atoms with Crippen molar-refractivity contribution in [1.29, 1.82) is 0 Å². The van der Waals surface area contributed by atoms with Crippen LogP contribution >= 0.6 is 0 Å². The Labute approximate surface area is 151 Å². The predicted octanol–water partition coefficient (Wildman–Crippen LogP) is 1.91. The molecule has 0 unspecified atom stereocenters. The van der Waals surface area contributed by atoms with Gasteiger partial charge in [-0.25, -0.2) is 0 Å². The minimum atomic E-state index is 0.118. The highest BCUT2D eigenvalue weighted by atomic mass is 15.2. The summed E-state index contributed by atoms with van der Waals surface area (Å²) in [4.78, 5) is 4.98. The summed E-state index contributed by atoms with van der Waals surface area (Å²) in [5, 5.41) is 0. The molecule has 1 heterocycles. The van der Waals surface area contributed by atoms with E-state index in [4.69, 9.17) is 11.5 Å². The van der Waals surface area contributed by atoms with Gasteiger partial charge in [-0.2, -0.15) is 0 Å². The Hall–Kier alpha value is -1.72. The third-order valence-electron chi connectivity index (χ3n) is 5.10. The molecular formula is C21H30N4. The highest BCUT2D eigenvalue weighted by molar-refractivity contribution is 5.15. The van der Waals surface area contributed by atoms with Gasteiger partial charge in [0.05, 0.1) is 0 Å². The number of rotatable bonds is 5. The molecule has 3 rings (SSSR count). The zero-order valence-corrected chi connectivity index (χ0v) is 14.9. The maximum Gasteiger partial charge on any atom is 0.0234 e. The molecule has 4 nitrogen and oxygen atoms in total. The van der Waals surface area contributed by atoms with Crippen molar-refractivity contribution in [2.75, 3.05) is 32.7 Å². The van der Waals surface area contributed by atoms with Crippen LogP contribution in [0.2, 0.25) is 0 Å². The fourth-order valence-electron chi connectivity index (χ4n) is 3.60. The van der Waals surface area contributed by atoms with Crippen molar-refractivity contribution in [2.45, 2.75) is 19.1 Å². The lowest BCUT2D eigenvalue weighted by molar-refractivity contribution is 0.120. The standard InChI is InChI=1S/C21H30N4/c22-13-20-16-24(14-18-7-3-1-4-8-18)11-12-25(17-21(20)23)15-19-9-5-2-6-10-19/h1-10,20-21H,11-17,22-23H2/t20-,21-/m0/s1. The van der Waals surface area contributed by atoms with Crippen LogP contribution in [0.1, 0.15) is 11.1 Å². The SMILES string of the molecule is NC[C@H]1CN(Cc2ccccc2)CCN(Cc2ccccc2)C[C@@H]1N. The van der Waals surface area contributed by atoms with Crippen LogP contribution in [-0.2, 0) is 13.1 Å². The summed E-state index contributed by atoms with van der Waals surface area (Å²) in [6.07, 6.45) is 0. The molecule has 134 valence electrons. The van der Waals surface area contributed by atoms with Crippen molar-refractivity contribution in [3.8, 4) is 0 Å². The number of benzene rings is 2. The fraction of sp³-hybridized carbons (Fsp3) is 0.429. The maximum atomic E-state index is 6.51. The Balaban J connectivity index is 1.68. The molecule has 0 spiro atoms. The molecule has 0 amide bonds. The van der Waals surface area contributed by atoms with Gasteiger partial charge in [0.2, 0.25) is 0 Å². The minimum absolute atomic E-state index is 0.118. The molecule has 0 saturated carbocycles. The first-order valence-corrected chi connectivity index (χ1v) is 9.23. The van der Waals surface area contributed by atoms with Gasteiger partial charge in [-0.1, -0.05) is 60.7 Å². The van der Waals surface area contributed by atoms with Crippen LogP contribution in [0, 0.1) is 5.92 Å². The van der Waals surface area contributed by atoms with E-state index in [0.29, 0.717) is 12.5 Å². The van der Waals surface area contributed by atoms with E-state index < -0.39 is 0 Å². The molecular weight excluding hydrogens is 308 g/mol. The quantitative estimate of drug-likeness (QED) is 0.874. The summed E-state index contributed by atoms with van der Waals surface area (Å²) in [5.74, 6) is 0.335. The molecule has 0 bridgehead atoms.